The second-order valence-electron chi connectivity index (χ2n) is 3.91. The number of hydrogen-bond acceptors (Lipinski definition) is 1. The first kappa shape index (κ1) is 9.97. The fourth-order valence-corrected chi connectivity index (χ4v) is 2.04. The third-order valence-corrected chi connectivity index (χ3v) is 2.72. The van der Waals surface area contributed by atoms with Crippen LogP contribution in [0.1, 0.15) is 32.3 Å². The zero-order chi connectivity index (χ0) is 10.8. The monoisotopic (exact) mass is 201 g/mol. The fourth-order valence-electron chi connectivity index (χ4n) is 2.04. The van der Waals surface area contributed by atoms with Gasteiger partial charge in [-0.1, -0.05) is 37.1 Å². The van der Waals surface area contributed by atoms with Crippen LogP contribution in [-0.2, 0) is 4.79 Å². The first-order valence-corrected chi connectivity index (χ1v) is 5.34. The van der Waals surface area contributed by atoms with E-state index >= 15 is 0 Å². The van der Waals surface area contributed by atoms with Crippen LogP contribution in [-0.4, -0.2) is 5.91 Å². The smallest absolute Gasteiger partial charge is 0.256 e. The molecule has 0 aromatic heterocycles. The van der Waals surface area contributed by atoms with Crippen LogP contribution in [0.3, 0.4) is 0 Å². The highest BCUT2D eigenvalue weighted by Crippen LogP contribution is 2.34. The summed E-state index contributed by atoms with van der Waals surface area (Å²) < 4.78 is 0. The van der Waals surface area contributed by atoms with Gasteiger partial charge in [0.2, 0.25) is 0 Å². The van der Waals surface area contributed by atoms with E-state index in [1.807, 2.05) is 31.2 Å². The molecule has 2 rings (SSSR count). The molecule has 0 fully saturated rings. The number of carbonyl (C=O) groups is 1. The summed E-state index contributed by atoms with van der Waals surface area (Å²) in [5.41, 5.74) is 4.04. The number of anilines is 1. The molecule has 0 atom stereocenters. The average Bonchev–Trinajstić information content (AvgIpc) is 2.54. The second kappa shape index (κ2) is 3.89. The molecule has 0 radical (unpaired) electrons. The Morgan fingerprint density at radius 1 is 1.33 bits per heavy atom. The summed E-state index contributed by atoms with van der Waals surface area (Å²) in [6.07, 6.45) is 2.06. The Morgan fingerprint density at radius 3 is 2.80 bits per heavy atom. The van der Waals surface area contributed by atoms with Gasteiger partial charge in [-0.2, -0.15) is 0 Å². The lowest BCUT2D eigenvalue weighted by atomic mass is 9.99. The predicted molar refractivity (Wildman–Crippen MR) is 62.6 cm³/mol. The highest BCUT2D eigenvalue weighted by atomic mass is 16.2. The van der Waals surface area contributed by atoms with Crippen LogP contribution in [0, 0.1) is 0 Å². The van der Waals surface area contributed by atoms with E-state index in [0.717, 1.165) is 29.7 Å². The maximum Gasteiger partial charge on any atom is 0.256 e. The highest BCUT2D eigenvalue weighted by molar-refractivity contribution is 6.32. The number of para-hydroxylation sites is 1. The van der Waals surface area contributed by atoms with Gasteiger partial charge >= 0.3 is 0 Å². The molecule has 1 heterocycles. The van der Waals surface area contributed by atoms with Gasteiger partial charge in [-0.3, -0.25) is 4.79 Å². The molecule has 0 saturated heterocycles. The summed E-state index contributed by atoms with van der Waals surface area (Å²) in [4.78, 5) is 11.8. The standard InChI is InChI=1S/C13H15NO/c1-3-6-9(2)12-10-7-4-5-8-11(10)14-13(12)15/h4-5,7-8H,3,6H2,1-2H3,(H,14,15)/b12-9-. The van der Waals surface area contributed by atoms with E-state index < -0.39 is 0 Å². The summed E-state index contributed by atoms with van der Waals surface area (Å²) >= 11 is 0. The van der Waals surface area contributed by atoms with Crippen molar-refractivity contribution < 1.29 is 4.79 Å². The van der Waals surface area contributed by atoms with E-state index in [9.17, 15) is 4.79 Å². The largest absolute Gasteiger partial charge is 0.321 e. The van der Waals surface area contributed by atoms with Crippen molar-refractivity contribution in [3.05, 3.63) is 35.4 Å². The van der Waals surface area contributed by atoms with E-state index in [0.29, 0.717) is 0 Å². The normalized spacial score (nSPS) is 17.3. The minimum atomic E-state index is 0.0437. The summed E-state index contributed by atoms with van der Waals surface area (Å²) in [5.74, 6) is 0.0437. The lowest BCUT2D eigenvalue weighted by Gasteiger charge is -2.03. The first-order chi connectivity index (χ1) is 7.24. The zero-order valence-electron chi connectivity index (χ0n) is 9.13. The van der Waals surface area contributed by atoms with E-state index in [2.05, 4.69) is 12.2 Å². The van der Waals surface area contributed by atoms with Gasteiger partial charge < -0.3 is 5.32 Å². The number of allylic oxidation sites excluding steroid dienone is 1. The molecular weight excluding hydrogens is 186 g/mol. The zero-order valence-corrected chi connectivity index (χ0v) is 9.13. The van der Waals surface area contributed by atoms with Gasteiger partial charge in [0.25, 0.3) is 5.91 Å². The van der Waals surface area contributed by atoms with Gasteiger partial charge in [-0.25, -0.2) is 0 Å². The lowest BCUT2D eigenvalue weighted by Crippen LogP contribution is -2.05. The number of carbonyl (C=O) groups excluding carboxylic acids is 1. The summed E-state index contributed by atoms with van der Waals surface area (Å²) in [6, 6.07) is 7.86. The van der Waals surface area contributed by atoms with E-state index in [1.54, 1.807) is 0 Å². The molecule has 0 saturated carbocycles. The molecule has 2 heteroatoms. The minimum absolute atomic E-state index is 0.0437. The molecule has 0 unspecified atom stereocenters. The molecule has 78 valence electrons. The third-order valence-electron chi connectivity index (χ3n) is 2.72. The van der Waals surface area contributed by atoms with E-state index in [-0.39, 0.29) is 5.91 Å². The molecule has 1 aliphatic heterocycles. The van der Waals surface area contributed by atoms with Crippen molar-refractivity contribution in [3.63, 3.8) is 0 Å². The number of hydrogen-bond donors (Lipinski definition) is 1. The van der Waals surface area contributed by atoms with Crippen LogP contribution >= 0.6 is 0 Å². The molecule has 1 aromatic carbocycles. The molecule has 2 nitrogen and oxygen atoms in total. The van der Waals surface area contributed by atoms with Gasteiger partial charge in [0.15, 0.2) is 0 Å². The van der Waals surface area contributed by atoms with Crippen LogP contribution in [0.4, 0.5) is 5.69 Å². The molecule has 1 amide bonds. The topological polar surface area (TPSA) is 29.1 Å². The van der Waals surface area contributed by atoms with Gasteiger partial charge in [0.05, 0.1) is 0 Å². The molecule has 0 aliphatic carbocycles. The number of benzene rings is 1. The van der Waals surface area contributed by atoms with Crippen LogP contribution in [0.15, 0.2) is 29.8 Å². The summed E-state index contributed by atoms with van der Waals surface area (Å²) in [6.45, 7) is 4.17. The molecule has 1 aromatic rings. The van der Waals surface area contributed by atoms with Gasteiger partial charge in [0, 0.05) is 16.8 Å². The molecular formula is C13H15NO. The van der Waals surface area contributed by atoms with E-state index in [4.69, 9.17) is 0 Å². The lowest BCUT2D eigenvalue weighted by molar-refractivity contribution is -0.110. The van der Waals surface area contributed by atoms with Crippen molar-refractivity contribution in [2.24, 2.45) is 0 Å². The Bertz CT molecular complexity index is 432. The van der Waals surface area contributed by atoms with Gasteiger partial charge in [0.1, 0.15) is 0 Å². The Kier molecular flexibility index (Phi) is 2.58. The van der Waals surface area contributed by atoms with Gasteiger partial charge in [-0.15, -0.1) is 0 Å². The predicted octanol–water partition coefficient (Wildman–Crippen LogP) is 3.21. The second-order valence-corrected chi connectivity index (χ2v) is 3.91. The minimum Gasteiger partial charge on any atom is -0.321 e. The number of amides is 1. The van der Waals surface area contributed by atoms with Crippen molar-refractivity contribution in [1.82, 2.24) is 0 Å². The molecule has 0 spiro atoms. The summed E-state index contributed by atoms with van der Waals surface area (Å²) in [5, 5.41) is 2.89. The van der Waals surface area contributed by atoms with Crippen molar-refractivity contribution in [1.29, 1.82) is 0 Å². The fraction of sp³-hybridized carbons (Fsp3) is 0.308. The number of fused-ring (bicyclic) bond motifs is 1. The van der Waals surface area contributed by atoms with Gasteiger partial charge in [-0.05, 0) is 19.4 Å². The molecule has 1 N–H and O–H groups in total. The Balaban J connectivity index is 2.50. The quantitative estimate of drug-likeness (QED) is 0.731. The third kappa shape index (κ3) is 1.67. The Labute approximate surface area is 90.0 Å². The highest BCUT2D eigenvalue weighted by Gasteiger charge is 2.24. The molecule has 15 heavy (non-hydrogen) atoms. The van der Waals surface area contributed by atoms with Crippen LogP contribution in [0.5, 0.6) is 0 Å². The maximum absolute atomic E-state index is 11.8. The van der Waals surface area contributed by atoms with E-state index in [1.165, 1.54) is 5.57 Å². The van der Waals surface area contributed by atoms with Crippen molar-refractivity contribution in [2.45, 2.75) is 26.7 Å². The molecule has 0 bridgehead atoms. The Morgan fingerprint density at radius 2 is 2.07 bits per heavy atom. The number of nitrogens with one attached hydrogen (secondary N) is 1. The van der Waals surface area contributed by atoms with Crippen LogP contribution < -0.4 is 5.32 Å². The number of rotatable bonds is 2. The Hall–Kier alpha value is -1.57. The van der Waals surface area contributed by atoms with Crippen molar-refractivity contribution >= 4 is 17.2 Å². The first-order valence-electron chi connectivity index (χ1n) is 5.34. The SMILES string of the molecule is CCC/C(C)=C1\C(=O)Nc2ccccc21. The maximum atomic E-state index is 11.8. The van der Waals surface area contributed by atoms with Crippen LogP contribution in [0.25, 0.3) is 5.57 Å². The molecule has 1 aliphatic rings. The van der Waals surface area contributed by atoms with Crippen molar-refractivity contribution in [3.8, 4) is 0 Å². The van der Waals surface area contributed by atoms with Crippen LogP contribution in [0.2, 0.25) is 0 Å². The summed E-state index contributed by atoms with van der Waals surface area (Å²) in [7, 11) is 0. The van der Waals surface area contributed by atoms with Crippen molar-refractivity contribution in [2.75, 3.05) is 5.32 Å². The average molecular weight is 201 g/mol.